The van der Waals surface area contributed by atoms with Crippen LogP contribution in [0, 0.1) is 5.92 Å². The molecule has 1 unspecified atom stereocenters. The van der Waals surface area contributed by atoms with Crippen molar-refractivity contribution in [2.45, 2.75) is 59.4 Å². The SMILES string of the molecule is CCNCc1nc(C(C)C)ncc1N1CCCC(CC)C1. The van der Waals surface area contributed by atoms with Crippen LogP contribution in [0.2, 0.25) is 0 Å². The molecule has 4 heteroatoms. The Labute approximate surface area is 129 Å². The largest absolute Gasteiger partial charge is 0.368 e. The van der Waals surface area contributed by atoms with Crippen molar-refractivity contribution in [1.82, 2.24) is 15.3 Å². The van der Waals surface area contributed by atoms with Gasteiger partial charge in [0.1, 0.15) is 5.82 Å². The lowest BCUT2D eigenvalue weighted by Gasteiger charge is -2.34. The second-order valence-electron chi connectivity index (χ2n) is 6.36. The average molecular weight is 290 g/mol. The molecule has 0 spiro atoms. The van der Waals surface area contributed by atoms with Gasteiger partial charge in [0.25, 0.3) is 0 Å². The second-order valence-corrected chi connectivity index (χ2v) is 6.36. The first-order valence-corrected chi connectivity index (χ1v) is 8.47. The van der Waals surface area contributed by atoms with E-state index in [9.17, 15) is 0 Å². The van der Waals surface area contributed by atoms with Crippen LogP contribution in [-0.4, -0.2) is 29.6 Å². The highest BCUT2D eigenvalue weighted by Gasteiger charge is 2.22. The highest BCUT2D eigenvalue weighted by Crippen LogP contribution is 2.27. The van der Waals surface area contributed by atoms with Crippen molar-refractivity contribution in [2.75, 3.05) is 24.5 Å². The van der Waals surface area contributed by atoms with E-state index in [0.717, 1.165) is 43.6 Å². The first kappa shape index (κ1) is 16.2. The maximum atomic E-state index is 4.82. The smallest absolute Gasteiger partial charge is 0.131 e. The van der Waals surface area contributed by atoms with Crippen LogP contribution in [0.5, 0.6) is 0 Å². The van der Waals surface area contributed by atoms with E-state index in [0.29, 0.717) is 5.92 Å². The Morgan fingerprint density at radius 3 is 2.86 bits per heavy atom. The summed E-state index contributed by atoms with van der Waals surface area (Å²) < 4.78 is 0. The number of hydrogen-bond acceptors (Lipinski definition) is 4. The predicted molar refractivity (Wildman–Crippen MR) is 88.7 cm³/mol. The van der Waals surface area contributed by atoms with Crippen molar-refractivity contribution >= 4 is 5.69 Å². The molecule has 0 saturated carbocycles. The molecule has 1 N–H and O–H groups in total. The lowest BCUT2D eigenvalue weighted by Crippen LogP contribution is -2.36. The molecule has 2 heterocycles. The van der Waals surface area contributed by atoms with Crippen molar-refractivity contribution < 1.29 is 0 Å². The zero-order chi connectivity index (χ0) is 15.2. The zero-order valence-corrected chi connectivity index (χ0v) is 14.0. The second kappa shape index (κ2) is 7.74. The lowest BCUT2D eigenvalue weighted by molar-refractivity contribution is 0.403. The fourth-order valence-corrected chi connectivity index (χ4v) is 2.96. The Bertz CT molecular complexity index is 444. The molecule has 0 bridgehead atoms. The van der Waals surface area contributed by atoms with Gasteiger partial charge in [-0.1, -0.05) is 34.1 Å². The van der Waals surface area contributed by atoms with Crippen LogP contribution in [0.3, 0.4) is 0 Å². The average Bonchev–Trinajstić information content (AvgIpc) is 2.52. The quantitative estimate of drug-likeness (QED) is 0.872. The fraction of sp³-hybridized carbons (Fsp3) is 0.765. The summed E-state index contributed by atoms with van der Waals surface area (Å²) in [6.45, 7) is 12.8. The van der Waals surface area contributed by atoms with Gasteiger partial charge in [-0.25, -0.2) is 9.97 Å². The molecule has 4 nitrogen and oxygen atoms in total. The van der Waals surface area contributed by atoms with Crippen molar-refractivity contribution in [3.63, 3.8) is 0 Å². The molecule has 1 saturated heterocycles. The molecule has 2 rings (SSSR count). The Kier molecular flexibility index (Phi) is 5.97. The van der Waals surface area contributed by atoms with Crippen LogP contribution in [0.4, 0.5) is 5.69 Å². The van der Waals surface area contributed by atoms with E-state index >= 15 is 0 Å². The summed E-state index contributed by atoms with van der Waals surface area (Å²) in [7, 11) is 0. The Morgan fingerprint density at radius 1 is 1.38 bits per heavy atom. The van der Waals surface area contributed by atoms with E-state index in [1.54, 1.807) is 0 Å². The Balaban J connectivity index is 2.23. The summed E-state index contributed by atoms with van der Waals surface area (Å²) in [4.78, 5) is 11.9. The molecule has 1 aromatic heterocycles. The first-order valence-electron chi connectivity index (χ1n) is 8.47. The highest BCUT2D eigenvalue weighted by molar-refractivity contribution is 5.49. The number of piperidine rings is 1. The lowest BCUT2D eigenvalue weighted by atomic mass is 9.95. The van der Waals surface area contributed by atoms with Gasteiger partial charge >= 0.3 is 0 Å². The highest BCUT2D eigenvalue weighted by atomic mass is 15.2. The maximum absolute atomic E-state index is 4.82. The molecule has 1 aliphatic rings. The standard InChI is InChI=1S/C17H30N4/c1-5-14-8-7-9-21(12-14)16-11-19-17(13(3)4)20-15(16)10-18-6-2/h11,13-14,18H,5-10,12H2,1-4H3. The minimum atomic E-state index is 0.379. The third kappa shape index (κ3) is 4.16. The summed E-state index contributed by atoms with van der Waals surface area (Å²) >= 11 is 0. The Morgan fingerprint density at radius 2 is 2.19 bits per heavy atom. The van der Waals surface area contributed by atoms with Crippen molar-refractivity contribution in [3.8, 4) is 0 Å². The van der Waals surface area contributed by atoms with E-state index in [-0.39, 0.29) is 0 Å². The molecular formula is C17H30N4. The van der Waals surface area contributed by atoms with Crippen LogP contribution in [-0.2, 0) is 6.54 Å². The molecule has 0 amide bonds. The first-order chi connectivity index (χ1) is 10.2. The Hall–Kier alpha value is -1.16. The van der Waals surface area contributed by atoms with E-state index < -0.39 is 0 Å². The van der Waals surface area contributed by atoms with Crippen LogP contribution in [0.1, 0.15) is 64.4 Å². The van der Waals surface area contributed by atoms with E-state index in [2.05, 4.69) is 42.9 Å². The van der Waals surface area contributed by atoms with Gasteiger partial charge < -0.3 is 10.2 Å². The number of hydrogen-bond donors (Lipinski definition) is 1. The number of anilines is 1. The number of nitrogens with zero attached hydrogens (tertiary/aromatic N) is 3. The van der Waals surface area contributed by atoms with Crippen LogP contribution in [0.15, 0.2) is 6.20 Å². The van der Waals surface area contributed by atoms with Crippen molar-refractivity contribution in [3.05, 3.63) is 17.7 Å². The number of aromatic nitrogens is 2. The van der Waals surface area contributed by atoms with Gasteiger partial charge in [-0.3, -0.25) is 0 Å². The summed E-state index contributed by atoms with van der Waals surface area (Å²) in [6.07, 6.45) is 5.96. The van der Waals surface area contributed by atoms with Crippen LogP contribution in [0.25, 0.3) is 0 Å². The minimum Gasteiger partial charge on any atom is -0.368 e. The van der Waals surface area contributed by atoms with Crippen LogP contribution >= 0.6 is 0 Å². The van der Waals surface area contributed by atoms with Gasteiger partial charge in [-0.15, -0.1) is 0 Å². The maximum Gasteiger partial charge on any atom is 0.131 e. The topological polar surface area (TPSA) is 41.1 Å². The normalized spacial score (nSPS) is 19.3. The summed E-state index contributed by atoms with van der Waals surface area (Å²) in [5.41, 5.74) is 2.39. The monoisotopic (exact) mass is 290 g/mol. The van der Waals surface area contributed by atoms with E-state index in [1.807, 2.05) is 6.20 Å². The molecule has 1 atom stereocenters. The van der Waals surface area contributed by atoms with Gasteiger partial charge in [-0.2, -0.15) is 0 Å². The minimum absolute atomic E-state index is 0.379. The molecule has 0 radical (unpaired) electrons. The van der Waals surface area contributed by atoms with Gasteiger partial charge in [0.2, 0.25) is 0 Å². The number of rotatable bonds is 6. The zero-order valence-electron chi connectivity index (χ0n) is 14.0. The summed E-state index contributed by atoms with van der Waals surface area (Å²) in [6, 6.07) is 0. The van der Waals surface area contributed by atoms with Crippen molar-refractivity contribution in [1.29, 1.82) is 0 Å². The third-order valence-corrected chi connectivity index (χ3v) is 4.36. The van der Waals surface area contributed by atoms with Crippen LogP contribution < -0.4 is 10.2 Å². The van der Waals surface area contributed by atoms with Gasteiger partial charge in [0.05, 0.1) is 17.6 Å². The molecule has 0 aromatic carbocycles. The van der Waals surface area contributed by atoms with E-state index in [4.69, 9.17) is 4.98 Å². The summed E-state index contributed by atoms with van der Waals surface area (Å²) in [5.74, 6) is 2.15. The molecule has 1 fully saturated rings. The molecule has 21 heavy (non-hydrogen) atoms. The van der Waals surface area contributed by atoms with E-state index in [1.165, 1.54) is 24.9 Å². The molecule has 0 aliphatic carbocycles. The molecule has 1 aliphatic heterocycles. The van der Waals surface area contributed by atoms with Crippen molar-refractivity contribution in [2.24, 2.45) is 5.92 Å². The number of nitrogens with one attached hydrogen (secondary N) is 1. The molecular weight excluding hydrogens is 260 g/mol. The third-order valence-electron chi connectivity index (χ3n) is 4.36. The molecule has 1 aromatic rings. The van der Waals surface area contributed by atoms with Gasteiger partial charge in [0, 0.05) is 25.6 Å². The van der Waals surface area contributed by atoms with Gasteiger partial charge in [0.15, 0.2) is 0 Å². The fourth-order valence-electron chi connectivity index (χ4n) is 2.96. The predicted octanol–water partition coefficient (Wildman–Crippen LogP) is 3.34. The van der Waals surface area contributed by atoms with Gasteiger partial charge in [-0.05, 0) is 25.3 Å². The summed E-state index contributed by atoms with van der Waals surface area (Å²) in [5, 5.41) is 3.42. The molecule has 118 valence electrons.